The van der Waals surface area contributed by atoms with Crippen molar-refractivity contribution in [3.8, 4) is 11.3 Å². The smallest absolute Gasteiger partial charge is 0.317 e. The minimum Gasteiger partial charge on any atom is -0.381 e. The summed E-state index contributed by atoms with van der Waals surface area (Å²) in [5, 5.41) is 3.20. The van der Waals surface area contributed by atoms with Gasteiger partial charge in [-0.2, -0.15) is 0 Å². The van der Waals surface area contributed by atoms with E-state index in [-0.39, 0.29) is 12.1 Å². The largest absolute Gasteiger partial charge is 0.381 e. The molecule has 29 heavy (non-hydrogen) atoms. The Bertz CT molecular complexity index is 850. The Morgan fingerprint density at radius 3 is 2.72 bits per heavy atom. The van der Waals surface area contributed by atoms with E-state index < -0.39 is 0 Å². The first kappa shape index (κ1) is 18.7. The van der Waals surface area contributed by atoms with E-state index in [9.17, 15) is 4.79 Å². The predicted octanol–water partition coefficient (Wildman–Crippen LogP) is 3.83. The molecule has 1 N–H and O–H groups in total. The fourth-order valence-corrected chi connectivity index (χ4v) is 5.15. The molecular formula is C23H30N4O2. The lowest BCUT2D eigenvalue weighted by atomic mass is 9.89. The number of nitrogens with zero attached hydrogens (tertiary/aromatic N) is 3. The molecule has 5 rings (SSSR count). The van der Waals surface area contributed by atoms with Gasteiger partial charge in [0.15, 0.2) is 0 Å². The van der Waals surface area contributed by atoms with Crippen LogP contribution in [0.15, 0.2) is 36.8 Å². The van der Waals surface area contributed by atoms with Gasteiger partial charge >= 0.3 is 6.03 Å². The number of urea groups is 1. The zero-order chi connectivity index (χ0) is 19.6. The maximum atomic E-state index is 12.5. The van der Waals surface area contributed by atoms with Gasteiger partial charge in [0.25, 0.3) is 0 Å². The number of hydrogen-bond donors (Lipinski definition) is 1. The molecule has 6 nitrogen and oxygen atoms in total. The van der Waals surface area contributed by atoms with Crippen molar-refractivity contribution in [1.29, 1.82) is 0 Å². The van der Waals surface area contributed by atoms with Gasteiger partial charge in [-0.05, 0) is 50.0 Å². The average molecular weight is 395 g/mol. The number of ether oxygens (including phenoxy) is 1. The summed E-state index contributed by atoms with van der Waals surface area (Å²) in [4.78, 5) is 18.9. The number of fused-ring (bicyclic) bond motifs is 3. The normalized spacial score (nSPS) is 22.3. The molecule has 0 unspecified atom stereocenters. The third-order valence-electron chi connectivity index (χ3n) is 6.90. The third-order valence-corrected chi connectivity index (χ3v) is 6.90. The van der Waals surface area contributed by atoms with Crippen molar-refractivity contribution in [3.63, 3.8) is 0 Å². The number of carbonyl (C=O) groups excluding carboxylic acids is 1. The minimum atomic E-state index is 0.114. The van der Waals surface area contributed by atoms with Crippen LogP contribution in [0, 0.1) is 5.92 Å². The number of piperidine rings is 1. The van der Waals surface area contributed by atoms with E-state index in [1.54, 1.807) is 0 Å². The van der Waals surface area contributed by atoms with Crippen LogP contribution in [0.5, 0.6) is 0 Å². The van der Waals surface area contributed by atoms with Crippen molar-refractivity contribution in [2.75, 3.05) is 26.3 Å². The van der Waals surface area contributed by atoms with Gasteiger partial charge in [-0.25, -0.2) is 9.78 Å². The van der Waals surface area contributed by atoms with Gasteiger partial charge in [0.1, 0.15) is 0 Å². The number of likely N-dealkylation sites (tertiary alicyclic amines) is 1. The second-order valence-corrected chi connectivity index (χ2v) is 8.63. The first-order valence-electron chi connectivity index (χ1n) is 11.0. The van der Waals surface area contributed by atoms with Gasteiger partial charge < -0.3 is 19.5 Å². The maximum Gasteiger partial charge on any atom is 0.317 e. The van der Waals surface area contributed by atoms with E-state index >= 15 is 0 Å². The van der Waals surface area contributed by atoms with Gasteiger partial charge in [-0.1, -0.05) is 24.3 Å². The zero-order valence-electron chi connectivity index (χ0n) is 16.9. The SMILES string of the molecule is O=C(NC1CCOCC1)N1CCC(CC[C@H]2c3ccccc3-c3cncn32)CC1. The minimum absolute atomic E-state index is 0.114. The molecule has 2 fully saturated rings. The molecule has 2 aromatic rings. The van der Waals surface area contributed by atoms with Crippen LogP contribution >= 0.6 is 0 Å². The van der Waals surface area contributed by atoms with Crippen LogP contribution in [0.25, 0.3) is 11.3 Å². The third kappa shape index (κ3) is 3.78. The van der Waals surface area contributed by atoms with Gasteiger partial charge in [0, 0.05) is 37.9 Å². The summed E-state index contributed by atoms with van der Waals surface area (Å²) in [7, 11) is 0. The van der Waals surface area contributed by atoms with E-state index in [1.165, 1.54) is 23.2 Å². The van der Waals surface area contributed by atoms with Gasteiger partial charge in [-0.15, -0.1) is 0 Å². The van der Waals surface area contributed by atoms with Crippen LogP contribution in [0.1, 0.15) is 50.1 Å². The fourth-order valence-electron chi connectivity index (χ4n) is 5.15. The molecule has 1 aromatic heterocycles. The molecule has 2 saturated heterocycles. The summed E-state index contributed by atoms with van der Waals surface area (Å²) in [5.41, 5.74) is 4.00. The Labute approximate surface area is 172 Å². The molecular weight excluding hydrogens is 364 g/mol. The molecule has 0 spiro atoms. The number of nitrogens with one attached hydrogen (secondary N) is 1. The number of carbonyl (C=O) groups is 1. The molecule has 0 saturated carbocycles. The molecule has 1 aromatic carbocycles. The Morgan fingerprint density at radius 1 is 1.10 bits per heavy atom. The molecule has 154 valence electrons. The van der Waals surface area contributed by atoms with E-state index in [0.29, 0.717) is 12.0 Å². The van der Waals surface area contributed by atoms with Crippen molar-refractivity contribution in [1.82, 2.24) is 19.8 Å². The van der Waals surface area contributed by atoms with Gasteiger partial charge in [-0.3, -0.25) is 0 Å². The lowest BCUT2D eigenvalue weighted by Gasteiger charge is -2.34. The Kier molecular flexibility index (Phi) is 5.27. The molecule has 6 heteroatoms. The second kappa shape index (κ2) is 8.19. The molecule has 0 aliphatic carbocycles. The first-order chi connectivity index (χ1) is 14.3. The van der Waals surface area contributed by atoms with Crippen molar-refractivity contribution < 1.29 is 9.53 Å². The summed E-state index contributed by atoms with van der Waals surface area (Å²) in [6.45, 7) is 3.26. The highest BCUT2D eigenvalue weighted by Crippen LogP contribution is 2.42. The highest BCUT2D eigenvalue weighted by Gasteiger charge is 2.30. The van der Waals surface area contributed by atoms with E-state index in [1.807, 2.05) is 17.4 Å². The lowest BCUT2D eigenvalue weighted by Crippen LogP contribution is -2.49. The molecule has 3 aliphatic heterocycles. The Morgan fingerprint density at radius 2 is 1.90 bits per heavy atom. The second-order valence-electron chi connectivity index (χ2n) is 8.63. The first-order valence-corrected chi connectivity index (χ1v) is 11.0. The zero-order valence-corrected chi connectivity index (χ0v) is 16.9. The monoisotopic (exact) mass is 394 g/mol. The van der Waals surface area contributed by atoms with Crippen LogP contribution in [0.3, 0.4) is 0 Å². The van der Waals surface area contributed by atoms with Crippen molar-refractivity contribution in [3.05, 3.63) is 42.4 Å². The van der Waals surface area contributed by atoms with Crippen molar-refractivity contribution in [2.45, 2.75) is 50.6 Å². The number of imidazole rings is 1. The average Bonchev–Trinajstić information content (AvgIpc) is 3.35. The Hall–Kier alpha value is -2.34. The molecule has 0 radical (unpaired) electrons. The van der Waals surface area contributed by atoms with Crippen LogP contribution < -0.4 is 5.32 Å². The number of hydrogen-bond acceptors (Lipinski definition) is 3. The summed E-state index contributed by atoms with van der Waals surface area (Å²) in [6, 6.07) is 9.51. The lowest BCUT2D eigenvalue weighted by molar-refractivity contribution is 0.0770. The van der Waals surface area contributed by atoms with Crippen molar-refractivity contribution in [2.24, 2.45) is 5.92 Å². The molecule has 4 heterocycles. The summed E-state index contributed by atoms with van der Waals surface area (Å²) in [5.74, 6) is 0.696. The number of amides is 2. The highest BCUT2D eigenvalue weighted by molar-refractivity contribution is 5.74. The van der Waals surface area contributed by atoms with Crippen LogP contribution in [-0.4, -0.2) is 52.8 Å². The molecule has 1 atom stereocenters. The number of aromatic nitrogens is 2. The van der Waals surface area contributed by atoms with Gasteiger partial charge in [0.2, 0.25) is 0 Å². The molecule has 3 aliphatic rings. The maximum absolute atomic E-state index is 12.5. The fraction of sp³-hybridized carbons (Fsp3) is 0.565. The van der Waals surface area contributed by atoms with Gasteiger partial charge in [0.05, 0.1) is 24.3 Å². The quantitative estimate of drug-likeness (QED) is 0.857. The number of benzene rings is 1. The highest BCUT2D eigenvalue weighted by atomic mass is 16.5. The topological polar surface area (TPSA) is 59.4 Å². The van der Waals surface area contributed by atoms with E-state index in [2.05, 4.69) is 39.1 Å². The van der Waals surface area contributed by atoms with Crippen molar-refractivity contribution >= 4 is 6.03 Å². The van der Waals surface area contributed by atoms with Crippen LogP contribution in [-0.2, 0) is 4.74 Å². The molecule has 0 bridgehead atoms. The van der Waals surface area contributed by atoms with Crippen LogP contribution in [0.4, 0.5) is 4.79 Å². The Balaban J connectivity index is 1.13. The summed E-state index contributed by atoms with van der Waals surface area (Å²) < 4.78 is 7.71. The van der Waals surface area contributed by atoms with E-state index in [4.69, 9.17) is 4.74 Å². The summed E-state index contributed by atoms with van der Waals surface area (Å²) >= 11 is 0. The van der Waals surface area contributed by atoms with Crippen LogP contribution in [0.2, 0.25) is 0 Å². The number of rotatable bonds is 4. The van der Waals surface area contributed by atoms with E-state index in [0.717, 1.165) is 58.4 Å². The predicted molar refractivity (Wildman–Crippen MR) is 112 cm³/mol. The molecule has 2 amide bonds. The summed E-state index contributed by atoms with van der Waals surface area (Å²) in [6.07, 6.45) is 10.4. The standard InChI is InChI=1S/C23H30N4O2/c28-23(25-18-9-13-29-14-10-18)26-11-7-17(8-12-26)5-6-21-19-3-1-2-4-20(19)22-15-24-16-27(21)22/h1-4,15-18,21H,5-14H2,(H,25,28)/t21-/m0/s1.